The summed E-state index contributed by atoms with van der Waals surface area (Å²) >= 11 is 7.43. The topological polar surface area (TPSA) is 24.5 Å². The third-order valence-electron chi connectivity index (χ3n) is 3.48. The molecule has 1 aromatic rings. The van der Waals surface area contributed by atoms with Crippen LogP contribution in [0.2, 0.25) is 0 Å². The maximum atomic E-state index is 5.62. The molecule has 19 heavy (non-hydrogen) atoms. The minimum absolute atomic E-state index is 0.326. The van der Waals surface area contributed by atoms with Gasteiger partial charge in [-0.3, -0.25) is 0 Å². The number of thioether (sulfide) groups is 1. The Hall–Kier alpha value is -0.780. The number of hydrogen-bond donors (Lipinski definition) is 1. The largest absolute Gasteiger partial charge is 0.376 e. The van der Waals surface area contributed by atoms with Crippen LogP contribution in [0.4, 0.5) is 5.69 Å². The highest BCUT2D eigenvalue weighted by Crippen LogP contribution is 2.34. The lowest BCUT2D eigenvalue weighted by atomic mass is 10.2. The molecule has 0 saturated carbocycles. The average molecular weight is 294 g/mol. The van der Waals surface area contributed by atoms with Crippen LogP contribution in [0, 0.1) is 0 Å². The molecule has 1 fully saturated rings. The fourth-order valence-electron chi connectivity index (χ4n) is 2.48. The third-order valence-corrected chi connectivity index (χ3v) is 4.89. The zero-order chi connectivity index (χ0) is 13.1. The molecule has 0 aromatic heterocycles. The minimum Gasteiger partial charge on any atom is -0.376 e. The van der Waals surface area contributed by atoms with Gasteiger partial charge in [0.1, 0.15) is 0 Å². The van der Waals surface area contributed by atoms with Gasteiger partial charge in [0.2, 0.25) is 0 Å². The highest BCUT2D eigenvalue weighted by atomic mass is 32.2. The number of ether oxygens (including phenoxy) is 1. The predicted octanol–water partition coefficient (Wildman–Crippen LogP) is 2.65. The van der Waals surface area contributed by atoms with Gasteiger partial charge < -0.3 is 15.0 Å². The summed E-state index contributed by atoms with van der Waals surface area (Å²) in [5.74, 6) is 1.08. The molecule has 2 aliphatic rings. The number of hydrogen-bond acceptors (Lipinski definition) is 3. The van der Waals surface area contributed by atoms with Crippen LogP contribution in [0.1, 0.15) is 12.8 Å². The number of para-hydroxylation sites is 1. The molecule has 102 valence electrons. The molecular formula is C14H18N2OS2. The van der Waals surface area contributed by atoms with Gasteiger partial charge in [-0.2, -0.15) is 0 Å². The van der Waals surface area contributed by atoms with E-state index in [2.05, 4.69) is 34.5 Å². The first-order valence-electron chi connectivity index (χ1n) is 6.73. The number of rotatable bonds is 2. The molecule has 0 bridgehead atoms. The molecule has 2 aliphatic heterocycles. The standard InChI is InChI=1S/C14H18N2OS2/c18-14(15-10-11-4-3-8-17-11)16-7-9-19-13-6-2-1-5-12(13)16/h1-2,5-6,11H,3-4,7-10H2,(H,15,18)/t11-/m1/s1. The fraction of sp³-hybridized carbons (Fsp3) is 0.500. The molecule has 2 heterocycles. The van der Waals surface area contributed by atoms with Crippen molar-refractivity contribution in [2.24, 2.45) is 0 Å². The van der Waals surface area contributed by atoms with Gasteiger partial charge in [-0.05, 0) is 37.2 Å². The van der Waals surface area contributed by atoms with E-state index in [4.69, 9.17) is 17.0 Å². The van der Waals surface area contributed by atoms with Crippen LogP contribution in [0.25, 0.3) is 0 Å². The summed E-state index contributed by atoms with van der Waals surface area (Å²) < 4.78 is 5.62. The molecular weight excluding hydrogens is 276 g/mol. The van der Waals surface area contributed by atoms with Gasteiger partial charge >= 0.3 is 0 Å². The van der Waals surface area contributed by atoms with Gasteiger partial charge in [0, 0.05) is 30.3 Å². The minimum atomic E-state index is 0.326. The zero-order valence-electron chi connectivity index (χ0n) is 10.8. The maximum Gasteiger partial charge on any atom is 0.173 e. The lowest BCUT2D eigenvalue weighted by Gasteiger charge is -2.31. The normalized spacial score (nSPS) is 22.1. The van der Waals surface area contributed by atoms with Crippen molar-refractivity contribution in [2.45, 2.75) is 23.8 Å². The van der Waals surface area contributed by atoms with Crippen molar-refractivity contribution >= 4 is 34.8 Å². The SMILES string of the molecule is S=C(NC[C@H]1CCCO1)N1CCSc2ccccc21. The van der Waals surface area contributed by atoms with Crippen molar-refractivity contribution in [3.63, 3.8) is 0 Å². The first-order chi connectivity index (χ1) is 9.34. The first kappa shape index (κ1) is 13.2. The molecule has 0 unspecified atom stereocenters. The molecule has 3 nitrogen and oxygen atoms in total. The Balaban J connectivity index is 1.64. The maximum absolute atomic E-state index is 5.62. The molecule has 1 N–H and O–H groups in total. The zero-order valence-corrected chi connectivity index (χ0v) is 12.4. The van der Waals surface area contributed by atoms with E-state index in [1.165, 1.54) is 17.0 Å². The Morgan fingerprint density at radius 2 is 2.37 bits per heavy atom. The van der Waals surface area contributed by atoms with E-state index in [0.717, 1.165) is 37.0 Å². The number of nitrogens with zero attached hydrogens (tertiary/aromatic N) is 1. The van der Waals surface area contributed by atoms with E-state index in [0.29, 0.717) is 6.10 Å². The van der Waals surface area contributed by atoms with E-state index in [1.807, 2.05) is 11.8 Å². The molecule has 1 atom stereocenters. The van der Waals surface area contributed by atoms with Crippen molar-refractivity contribution in [1.82, 2.24) is 5.32 Å². The van der Waals surface area contributed by atoms with Crippen LogP contribution >= 0.6 is 24.0 Å². The van der Waals surface area contributed by atoms with Crippen molar-refractivity contribution in [3.05, 3.63) is 24.3 Å². The highest BCUT2D eigenvalue weighted by molar-refractivity contribution is 7.99. The van der Waals surface area contributed by atoms with Gasteiger partial charge in [-0.25, -0.2) is 0 Å². The Morgan fingerprint density at radius 1 is 1.47 bits per heavy atom. The van der Waals surface area contributed by atoms with Crippen molar-refractivity contribution in [1.29, 1.82) is 0 Å². The molecule has 5 heteroatoms. The summed E-state index contributed by atoms with van der Waals surface area (Å²) in [6.07, 6.45) is 2.64. The predicted molar refractivity (Wildman–Crippen MR) is 84.1 cm³/mol. The molecule has 0 aliphatic carbocycles. The van der Waals surface area contributed by atoms with Crippen LogP contribution < -0.4 is 10.2 Å². The smallest absolute Gasteiger partial charge is 0.173 e. The Kier molecular flexibility index (Phi) is 4.25. The lowest BCUT2D eigenvalue weighted by molar-refractivity contribution is 0.114. The van der Waals surface area contributed by atoms with E-state index in [-0.39, 0.29) is 0 Å². The van der Waals surface area contributed by atoms with Crippen LogP contribution in [0.3, 0.4) is 0 Å². The van der Waals surface area contributed by atoms with Crippen LogP contribution in [0.5, 0.6) is 0 Å². The monoisotopic (exact) mass is 294 g/mol. The second-order valence-electron chi connectivity index (χ2n) is 4.79. The number of anilines is 1. The van der Waals surface area contributed by atoms with Crippen molar-refractivity contribution in [3.8, 4) is 0 Å². The summed E-state index contributed by atoms with van der Waals surface area (Å²) in [6, 6.07) is 8.45. The van der Waals surface area contributed by atoms with Crippen molar-refractivity contribution < 1.29 is 4.74 Å². The summed E-state index contributed by atoms with van der Waals surface area (Å²) in [7, 11) is 0. The Bertz CT molecular complexity index is 461. The van der Waals surface area contributed by atoms with Gasteiger partial charge in [0.15, 0.2) is 5.11 Å². The third kappa shape index (κ3) is 3.04. The second kappa shape index (κ2) is 6.11. The lowest BCUT2D eigenvalue weighted by Crippen LogP contribution is -2.45. The number of thiocarbonyl (C=S) groups is 1. The Labute approximate surface area is 123 Å². The number of fused-ring (bicyclic) bond motifs is 1. The van der Waals surface area contributed by atoms with E-state index in [1.54, 1.807) is 0 Å². The first-order valence-corrected chi connectivity index (χ1v) is 8.13. The van der Waals surface area contributed by atoms with Crippen LogP contribution in [0.15, 0.2) is 29.2 Å². The molecule has 0 amide bonds. The van der Waals surface area contributed by atoms with Crippen LogP contribution in [-0.2, 0) is 4.74 Å². The van der Waals surface area contributed by atoms with E-state index >= 15 is 0 Å². The summed E-state index contributed by atoms with van der Waals surface area (Å²) in [5.41, 5.74) is 1.23. The Morgan fingerprint density at radius 3 is 3.21 bits per heavy atom. The number of nitrogens with one attached hydrogen (secondary N) is 1. The molecule has 1 aromatic carbocycles. The average Bonchev–Trinajstić information content (AvgIpc) is 2.97. The molecule has 0 radical (unpaired) electrons. The van der Waals surface area contributed by atoms with Gasteiger partial charge in [-0.1, -0.05) is 12.1 Å². The fourth-order valence-corrected chi connectivity index (χ4v) is 3.75. The second-order valence-corrected chi connectivity index (χ2v) is 6.31. The number of benzene rings is 1. The summed E-state index contributed by atoms with van der Waals surface area (Å²) in [5, 5.41) is 4.18. The quantitative estimate of drug-likeness (QED) is 0.846. The molecule has 1 saturated heterocycles. The van der Waals surface area contributed by atoms with Gasteiger partial charge in [-0.15, -0.1) is 11.8 Å². The van der Waals surface area contributed by atoms with Gasteiger partial charge in [0.25, 0.3) is 0 Å². The van der Waals surface area contributed by atoms with Gasteiger partial charge in [0.05, 0.1) is 11.8 Å². The van der Waals surface area contributed by atoms with E-state index < -0.39 is 0 Å². The van der Waals surface area contributed by atoms with Crippen molar-refractivity contribution in [2.75, 3.05) is 30.3 Å². The summed E-state index contributed by atoms with van der Waals surface area (Å²) in [6.45, 7) is 2.69. The molecule has 3 rings (SSSR count). The van der Waals surface area contributed by atoms with E-state index in [9.17, 15) is 0 Å². The van der Waals surface area contributed by atoms with Crippen LogP contribution in [-0.4, -0.2) is 36.7 Å². The molecule has 0 spiro atoms. The summed E-state index contributed by atoms with van der Waals surface area (Å²) in [4.78, 5) is 3.52. The highest BCUT2D eigenvalue weighted by Gasteiger charge is 2.21.